The summed E-state index contributed by atoms with van der Waals surface area (Å²) in [6.07, 6.45) is -3.91. The van der Waals surface area contributed by atoms with Crippen LogP contribution in [-0.2, 0) is 15.8 Å². The number of aromatic amines is 1. The van der Waals surface area contributed by atoms with Gasteiger partial charge in [0, 0.05) is 16.0 Å². The number of nitrogens with one attached hydrogen (secondary N) is 1. The van der Waals surface area contributed by atoms with Crippen molar-refractivity contribution in [3.63, 3.8) is 0 Å². The normalized spacial score (nSPS) is 32.0. The number of rotatable bonds is 2. The fraction of sp³-hybridized carbons (Fsp3) is 0.346. The van der Waals surface area contributed by atoms with Gasteiger partial charge < -0.3 is 10.1 Å². The number of hydrogen-bond acceptors (Lipinski definition) is 6. The van der Waals surface area contributed by atoms with Gasteiger partial charge in [-0.3, -0.25) is 19.3 Å². The van der Waals surface area contributed by atoms with Crippen LogP contribution in [0, 0.1) is 29.6 Å². The fourth-order valence-corrected chi connectivity index (χ4v) is 10.0. The second kappa shape index (κ2) is 7.73. The first kappa shape index (κ1) is 23.1. The van der Waals surface area contributed by atoms with Gasteiger partial charge in [0.2, 0.25) is 11.8 Å². The SMILES string of the molecule is O=C1[C@@H]2[C@H]3C[C@@H]([C@@H]2C(=O)N1c1cccc(C(F)(F)F)c1)[C@@H]1[C@H](c2ccc(O)cc2)c2sc(=O)[nH]c2S[C@H]31. The third kappa shape index (κ3) is 3.22. The Morgan fingerprint density at radius 3 is 2.38 bits per heavy atom. The minimum atomic E-state index is -4.59. The molecule has 1 aromatic heterocycles. The molecule has 0 spiro atoms. The molecule has 1 saturated heterocycles. The number of carbonyl (C=O) groups is 2. The highest BCUT2D eigenvalue weighted by Crippen LogP contribution is 2.68. The van der Waals surface area contributed by atoms with Gasteiger partial charge in [0.1, 0.15) is 5.75 Å². The van der Waals surface area contributed by atoms with Crippen LogP contribution in [0.15, 0.2) is 58.4 Å². The molecule has 7 atom stereocenters. The first-order valence-corrected chi connectivity index (χ1v) is 13.6. The lowest BCUT2D eigenvalue weighted by atomic mass is 9.68. The second-order valence-electron chi connectivity index (χ2n) is 10.1. The number of fused-ring (bicyclic) bond motifs is 9. The average molecular weight is 545 g/mol. The molecule has 11 heteroatoms. The Morgan fingerprint density at radius 1 is 0.973 bits per heavy atom. The molecule has 2 saturated carbocycles. The topological polar surface area (TPSA) is 90.5 Å². The summed E-state index contributed by atoms with van der Waals surface area (Å²) in [6.45, 7) is 0. The largest absolute Gasteiger partial charge is 0.508 e. The summed E-state index contributed by atoms with van der Waals surface area (Å²) < 4.78 is 40.0. The van der Waals surface area contributed by atoms with E-state index in [4.69, 9.17) is 0 Å². The quantitative estimate of drug-likeness (QED) is 0.451. The number of phenols is 1. The van der Waals surface area contributed by atoms with Gasteiger partial charge in [-0.2, -0.15) is 13.2 Å². The molecule has 3 aromatic rings. The molecule has 3 fully saturated rings. The van der Waals surface area contributed by atoms with Crippen molar-refractivity contribution in [3.05, 3.63) is 74.2 Å². The van der Waals surface area contributed by atoms with Crippen LogP contribution in [0.5, 0.6) is 5.75 Å². The Kier molecular flexibility index (Phi) is 4.83. The number of thiazole rings is 1. The number of nitrogens with zero attached hydrogens (tertiary/aromatic N) is 1. The number of anilines is 1. The van der Waals surface area contributed by atoms with Crippen molar-refractivity contribution in [1.82, 2.24) is 4.98 Å². The monoisotopic (exact) mass is 544 g/mol. The van der Waals surface area contributed by atoms with E-state index in [9.17, 15) is 32.7 Å². The lowest BCUT2D eigenvalue weighted by Gasteiger charge is -2.43. The summed E-state index contributed by atoms with van der Waals surface area (Å²) in [5.41, 5.74) is -0.0383. The van der Waals surface area contributed by atoms with E-state index >= 15 is 0 Å². The third-order valence-electron chi connectivity index (χ3n) is 8.41. The van der Waals surface area contributed by atoms with Crippen LogP contribution in [0.4, 0.5) is 18.9 Å². The second-order valence-corrected chi connectivity index (χ2v) is 12.3. The zero-order chi connectivity index (χ0) is 25.8. The van der Waals surface area contributed by atoms with Crippen molar-refractivity contribution in [3.8, 4) is 5.75 Å². The maximum atomic E-state index is 13.7. The minimum absolute atomic E-state index is 0.0268. The van der Waals surface area contributed by atoms with E-state index in [1.165, 1.54) is 12.1 Å². The summed E-state index contributed by atoms with van der Waals surface area (Å²) in [5.74, 6) is -2.45. The molecule has 2 N–H and O–H groups in total. The first-order chi connectivity index (χ1) is 17.6. The Bertz CT molecular complexity index is 1510. The third-order valence-corrected chi connectivity index (χ3v) is 11.0. The van der Waals surface area contributed by atoms with E-state index in [-0.39, 0.29) is 45.2 Å². The van der Waals surface area contributed by atoms with Crippen LogP contribution in [-0.4, -0.2) is 27.2 Å². The zero-order valence-corrected chi connectivity index (χ0v) is 20.6. The lowest BCUT2D eigenvalue weighted by molar-refractivity contribution is -0.137. The predicted octanol–water partition coefficient (Wildman–Crippen LogP) is 4.84. The summed E-state index contributed by atoms with van der Waals surface area (Å²) >= 11 is 2.68. The maximum Gasteiger partial charge on any atom is 0.416 e. The Morgan fingerprint density at radius 2 is 1.68 bits per heavy atom. The number of benzene rings is 2. The van der Waals surface area contributed by atoms with Gasteiger partial charge >= 0.3 is 11.0 Å². The Hall–Kier alpha value is -3.05. The molecule has 7 rings (SSSR count). The number of halogens is 3. The number of hydrogen-bond donors (Lipinski definition) is 2. The van der Waals surface area contributed by atoms with Crippen molar-refractivity contribution < 1.29 is 27.9 Å². The fourth-order valence-electron chi connectivity index (χ4n) is 7.15. The average Bonchev–Trinajstić information content (AvgIpc) is 3.58. The molecule has 2 amide bonds. The molecule has 0 radical (unpaired) electrons. The molecule has 4 aliphatic rings. The van der Waals surface area contributed by atoms with Crippen LogP contribution in [0.3, 0.4) is 0 Å². The van der Waals surface area contributed by atoms with E-state index in [0.29, 0.717) is 6.42 Å². The zero-order valence-electron chi connectivity index (χ0n) is 18.9. The van der Waals surface area contributed by atoms with E-state index < -0.39 is 35.4 Å². The maximum absolute atomic E-state index is 13.7. The molecule has 3 heterocycles. The highest BCUT2D eigenvalue weighted by Gasteiger charge is 2.69. The smallest absolute Gasteiger partial charge is 0.416 e. The van der Waals surface area contributed by atoms with Gasteiger partial charge in [0.05, 0.1) is 28.1 Å². The molecular weight excluding hydrogens is 525 g/mol. The molecule has 37 heavy (non-hydrogen) atoms. The van der Waals surface area contributed by atoms with Crippen molar-refractivity contribution in [2.24, 2.45) is 29.6 Å². The number of aromatic nitrogens is 1. The van der Waals surface area contributed by atoms with Crippen LogP contribution >= 0.6 is 23.1 Å². The molecule has 0 unspecified atom stereocenters. The van der Waals surface area contributed by atoms with Crippen LogP contribution in [0.1, 0.15) is 28.3 Å². The molecular formula is C26H19F3N2O4S2. The summed E-state index contributed by atoms with van der Waals surface area (Å²) in [7, 11) is 0. The Balaban J connectivity index is 1.30. The summed E-state index contributed by atoms with van der Waals surface area (Å²) in [5, 5.41) is 10.6. The van der Waals surface area contributed by atoms with E-state index in [1.54, 1.807) is 23.9 Å². The minimum Gasteiger partial charge on any atom is -0.508 e. The number of H-pyrrole nitrogens is 1. The Labute approximate surface area is 216 Å². The standard InChI is InChI=1S/C26H19F3N2O4S2/c27-26(28,29)11-2-1-3-12(8-11)31-23(33)18-14-9-15(19(18)24(31)34)20-17(14)16(10-4-6-13(32)7-5-10)21-22(36-20)30-25(35)37-21/h1-8,14-20,32H,9H2,(H,30,35)/t14-,15-,16+,17-,18+,19-,20-/m1/s1. The number of thioether (sulfide) groups is 1. The molecule has 2 bridgehead atoms. The molecule has 2 aromatic carbocycles. The van der Waals surface area contributed by atoms with Crippen LogP contribution < -0.4 is 9.77 Å². The van der Waals surface area contributed by atoms with Gasteiger partial charge in [-0.25, -0.2) is 0 Å². The van der Waals surface area contributed by atoms with Crippen molar-refractivity contribution >= 4 is 40.6 Å². The van der Waals surface area contributed by atoms with E-state index in [0.717, 1.165) is 43.8 Å². The molecule has 2 aliphatic heterocycles. The van der Waals surface area contributed by atoms with Gasteiger partial charge in [-0.15, -0.1) is 11.8 Å². The first-order valence-electron chi connectivity index (χ1n) is 11.9. The van der Waals surface area contributed by atoms with Crippen molar-refractivity contribution in [2.45, 2.75) is 28.8 Å². The van der Waals surface area contributed by atoms with Gasteiger partial charge in [0.15, 0.2) is 0 Å². The number of amides is 2. The van der Waals surface area contributed by atoms with E-state index in [1.807, 2.05) is 12.1 Å². The van der Waals surface area contributed by atoms with Gasteiger partial charge in [-0.05, 0) is 60.1 Å². The number of phenolic OH excluding ortho intramolecular Hbond substituents is 1. The molecule has 190 valence electrons. The highest BCUT2D eigenvalue weighted by atomic mass is 32.2. The number of imide groups is 1. The number of carbonyl (C=O) groups excluding carboxylic acids is 2. The summed E-state index contributed by atoms with van der Waals surface area (Å²) in [4.78, 5) is 44.2. The lowest BCUT2D eigenvalue weighted by Crippen LogP contribution is -2.42. The highest BCUT2D eigenvalue weighted by molar-refractivity contribution is 8.00. The molecule has 2 aliphatic carbocycles. The van der Waals surface area contributed by atoms with Gasteiger partial charge in [0.25, 0.3) is 0 Å². The number of alkyl halides is 3. The van der Waals surface area contributed by atoms with Crippen LogP contribution in [0.2, 0.25) is 0 Å². The molecule has 6 nitrogen and oxygen atoms in total. The number of aromatic hydroxyl groups is 1. The van der Waals surface area contributed by atoms with Gasteiger partial charge in [-0.1, -0.05) is 29.5 Å². The van der Waals surface area contributed by atoms with Crippen LogP contribution in [0.25, 0.3) is 0 Å². The van der Waals surface area contributed by atoms with E-state index in [2.05, 4.69) is 4.98 Å². The van der Waals surface area contributed by atoms with Crippen molar-refractivity contribution in [2.75, 3.05) is 4.90 Å². The van der Waals surface area contributed by atoms with Crippen molar-refractivity contribution in [1.29, 1.82) is 0 Å². The predicted molar refractivity (Wildman–Crippen MR) is 131 cm³/mol. The summed E-state index contributed by atoms with van der Waals surface area (Å²) in [6, 6.07) is 11.2.